The summed E-state index contributed by atoms with van der Waals surface area (Å²) in [5.41, 5.74) is 1.12. The molecular weight excluding hydrogens is 207 g/mol. The van der Waals surface area contributed by atoms with E-state index < -0.39 is 0 Å². The molecule has 1 N–H and O–H groups in total. The van der Waals surface area contributed by atoms with Crippen LogP contribution in [0.2, 0.25) is 0 Å². The van der Waals surface area contributed by atoms with Crippen molar-refractivity contribution in [1.29, 1.82) is 0 Å². The second-order valence-electron chi connectivity index (χ2n) is 2.00. The average Bonchev–Trinajstić information content (AvgIpc) is 2.06. The van der Waals surface area contributed by atoms with Crippen LogP contribution in [0.5, 0.6) is 5.75 Å². The normalized spacial score (nSPS) is 9.27. The lowest BCUT2D eigenvalue weighted by molar-refractivity contribution is 0.453. The van der Waals surface area contributed by atoms with Crippen molar-refractivity contribution < 1.29 is 9.68 Å². The van der Waals surface area contributed by atoms with E-state index in [1.807, 2.05) is 18.2 Å². The van der Waals surface area contributed by atoms with Crippen LogP contribution in [0.25, 0.3) is 0 Å². The van der Waals surface area contributed by atoms with Crippen LogP contribution < -0.4 is 4.65 Å². The molecule has 0 fully saturated rings. The van der Waals surface area contributed by atoms with Crippen LogP contribution in [0.3, 0.4) is 0 Å². The Bertz CT molecular complexity index is 229. The number of rotatable bonds is 3. The van der Waals surface area contributed by atoms with E-state index in [0.717, 1.165) is 10.9 Å². The molecule has 1 radical (unpaired) electrons. The van der Waals surface area contributed by atoms with Crippen LogP contribution in [0.1, 0.15) is 5.56 Å². The first-order chi connectivity index (χ1) is 5.36. The molecule has 0 spiro atoms. The van der Waals surface area contributed by atoms with Crippen molar-refractivity contribution in [3.63, 3.8) is 0 Å². The zero-order valence-corrected chi connectivity index (χ0v) is 7.41. The van der Waals surface area contributed by atoms with Gasteiger partial charge in [0.05, 0.1) is 0 Å². The molecule has 0 atom stereocenters. The average molecular weight is 214 g/mol. The maximum Gasteiger partial charge on any atom is 0.569 e. The van der Waals surface area contributed by atoms with Crippen LogP contribution in [0.4, 0.5) is 0 Å². The van der Waals surface area contributed by atoms with E-state index in [0.29, 0.717) is 13.4 Å². The molecule has 0 aliphatic heterocycles. The zero-order chi connectivity index (χ0) is 8.10. The third kappa shape index (κ3) is 2.56. The molecule has 1 aromatic rings. The van der Waals surface area contributed by atoms with Gasteiger partial charge < -0.3 is 9.68 Å². The number of benzene rings is 1. The highest BCUT2D eigenvalue weighted by Crippen LogP contribution is 2.14. The topological polar surface area (TPSA) is 29.5 Å². The van der Waals surface area contributed by atoms with Crippen molar-refractivity contribution in [2.45, 2.75) is 5.33 Å². The van der Waals surface area contributed by atoms with Gasteiger partial charge in [-0.15, -0.1) is 0 Å². The minimum Gasteiger partial charge on any atom is -0.537 e. The molecule has 0 unspecified atom stereocenters. The first-order valence-electron chi connectivity index (χ1n) is 3.14. The summed E-state index contributed by atoms with van der Waals surface area (Å²) in [5, 5.41) is 9.11. The largest absolute Gasteiger partial charge is 0.569 e. The lowest BCUT2D eigenvalue weighted by Crippen LogP contribution is -1.99. The Morgan fingerprint density at radius 1 is 1.55 bits per heavy atom. The molecule has 0 aromatic heterocycles. The molecule has 1 rings (SSSR count). The Kier molecular flexibility index (Phi) is 3.46. The van der Waals surface area contributed by atoms with Gasteiger partial charge in [0.15, 0.2) is 0 Å². The SMILES string of the molecule is O[B]Oc1cccc(CBr)c1. The Morgan fingerprint density at radius 3 is 3.00 bits per heavy atom. The number of hydrogen-bond donors (Lipinski definition) is 1. The lowest BCUT2D eigenvalue weighted by Gasteiger charge is -2.01. The molecule has 0 aliphatic rings. The van der Waals surface area contributed by atoms with E-state index in [1.165, 1.54) is 0 Å². The Balaban J connectivity index is 2.74. The monoisotopic (exact) mass is 213 g/mol. The van der Waals surface area contributed by atoms with Crippen molar-refractivity contribution in [3.8, 4) is 5.75 Å². The fraction of sp³-hybridized carbons (Fsp3) is 0.143. The summed E-state index contributed by atoms with van der Waals surface area (Å²) in [6.07, 6.45) is 0. The quantitative estimate of drug-likeness (QED) is 0.609. The number of hydrogen-bond acceptors (Lipinski definition) is 2. The van der Waals surface area contributed by atoms with Gasteiger partial charge in [-0.2, -0.15) is 0 Å². The highest BCUT2D eigenvalue weighted by molar-refractivity contribution is 9.08. The molecule has 0 aliphatic carbocycles. The molecule has 0 saturated heterocycles. The summed E-state index contributed by atoms with van der Waals surface area (Å²) in [6.45, 7) is 0. The molecule has 1 aromatic carbocycles. The fourth-order valence-corrected chi connectivity index (χ4v) is 1.11. The van der Waals surface area contributed by atoms with E-state index in [2.05, 4.69) is 15.9 Å². The molecule has 0 amide bonds. The predicted molar refractivity (Wildman–Crippen MR) is 47.7 cm³/mol. The lowest BCUT2D eigenvalue weighted by atomic mass is 10.2. The van der Waals surface area contributed by atoms with Crippen LogP contribution in [-0.4, -0.2) is 12.7 Å². The second-order valence-corrected chi connectivity index (χ2v) is 2.57. The summed E-state index contributed by atoms with van der Waals surface area (Å²) in [4.78, 5) is 0. The van der Waals surface area contributed by atoms with Crippen LogP contribution in [-0.2, 0) is 5.33 Å². The molecule has 0 bridgehead atoms. The van der Waals surface area contributed by atoms with E-state index in [1.54, 1.807) is 6.07 Å². The first-order valence-corrected chi connectivity index (χ1v) is 4.26. The summed E-state index contributed by atoms with van der Waals surface area (Å²) >= 11 is 3.31. The summed E-state index contributed by atoms with van der Waals surface area (Å²) in [5.74, 6) is 0.643. The van der Waals surface area contributed by atoms with Gasteiger partial charge >= 0.3 is 7.69 Å². The van der Waals surface area contributed by atoms with Crippen LogP contribution >= 0.6 is 15.9 Å². The maximum absolute atomic E-state index is 8.32. The first kappa shape index (κ1) is 8.62. The Labute approximate surface area is 74.6 Å². The third-order valence-corrected chi connectivity index (χ3v) is 1.89. The van der Waals surface area contributed by atoms with Crippen molar-refractivity contribution in [2.75, 3.05) is 0 Å². The highest BCUT2D eigenvalue weighted by atomic mass is 79.9. The second kappa shape index (κ2) is 4.41. The van der Waals surface area contributed by atoms with Crippen LogP contribution in [0.15, 0.2) is 24.3 Å². The van der Waals surface area contributed by atoms with E-state index >= 15 is 0 Å². The minimum atomic E-state index is 0.643. The molecule has 4 heteroatoms. The predicted octanol–water partition coefficient (Wildman–Crippen LogP) is 1.49. The Hall–Kier alpha value is -0.475. The van der Waals surface area contributed by atoms with Gasteiger partial charge in [0.25, 0.3) is 0 Å². The molecule has 57 valence electrons. The van der Waals surface area contributed by atoms with Gasteiger partial charge in [0.1, 0.15) is 5.75 Å². The zero-order valence-electron chi connectivity index (χ0n) is 5.83. The van der Waals surface area contributed by atoms with Gasteiger partial charge in [-0.3, -0.25) is 0 Å². The third-order valence-electron chi connectivity index (χ3n) is 1.24. The molecule has 11 heavy (non-hydrogen) atoms. The van der Waals surface area contributed by atoms with E-state index in [-0.39, 0.29) is 0 Å². The number of halogens is 1. The summed E-state index contributed by atoms with van der Waals surface area (Å²) in [7, 11) is 0.674. The molecule has 0 heterocycles. The van der Waals surface area contributed by atoms with Crippen molar-refractivity contribution in [1.82, 2.24) is 0 Å². The number of alkyl halides is 1. The molecule has 2 nitrogen and oxygen atoms in total. The van der Waals surface area contributed by atoms with E-state index in [4.69, 9.17) is 9.68 Å². The minimum absolute atomic E-state index is 0.643. The maximum atomic E-state index is 8.32. The van der Waals surface area contributed by atoms with Crippen LogP contribution in [0, 0.1) is 0 Å². The van der Waals surface area contributed by atoms with Crippen molar-refractivity contribution >= 4 is 23.6 Å². The summed E-state index contributed by atoms with van der Waals surface area (Å²) < 4.78 is 4.76. The molecule has 0 saturated carbocycles. The molecular formula is C7H7BBrO2. The van der Waals surface area contributed by atoms with Gasteiger partial charge in [-0.1, -0.05) is 28.1 Å². The van der Waals surface area contributed by atoms with Crippen molar-refractivity contribution in [2.24, 2.45) is 0 Å². The Morgan fingerprint density at radius 2 is 2.36 bits per heavy atom. The van der Waals surface area contributed by atoms with Gasteiger partial charge in [-0.05, 0) is 17.7 Å². The van der Waals surface area contributed by atoms with Gasteiger partial charge in [0, 0.05) is 5.33 Å². The van der Waals surface area contributed by atoms with Gasteiger partial charge in [0.2, 0.25) is 0 Å². The van der Waals surface area contributed by atoms with Gasteiger partial charge in [-0.25, -0.2) is 0 Å². The van der Waals surface area contributed by atoms with Crippen molar-refractivity contribution in [3.05, 3.63) is 29.8 Å². The highest BCUT2D eigenvalue weighted by Gasteiger charge is 1.94. The smallest absolute Gasteiger partial charge is 0.537 e. The fourth-order valence-electron chi connectivity index (χ4n) is 0.763. The standard InChI is InChI=1S/C7H7BBrO2/c9-5-6-2-1-3-7(4-6)11-8-10/h1-4,10H,5H2. The summed E-state index contributed by atoms with van der Waals surface area (Å²) in [6, 6.07) is 7.47. The van der Waals surface area contributed by atoms with E-state index in [9.17, 15) is 0 Å².